The van der Waals surface area contributed by atoms with Crippen LogP contribution in [0.1, 0.15) is 31.7 Å². The van der Waals surface area contributed by atoms with Crippen LogP contribution in [0.3, 0.4) is 0 Å². The van der Waals surface area contributed by atoms with E-state index < -0.39 is 0 Å². The van der Waals surface area contributed by atoms with Gasteiger partial charge in [-0.05, 0) is 38.1 Å². The number of nitrogens with two attached hydrogens (primary N) is 1. The number of hydrogen-bond donors (Lipinski definition) is 1. The highest BCUT2D eigenvalue weighted by Crippen LogP contribution is 2.46. The second-order valence-corrected chi connectivity index (χ2v) is 5.66. The molecule has 2 aliphatic rings. The summed E-state index contributed by atoms with van der Waals surface area (Å²) in [6, 6.07) is 0.578. The molecule has 16 heavy (non-hydrogen) atoms. The van der Waals surface area contributed by atoms with E-state index in [1.165, 1.54) is 38.8 Å². The van der Waals surface area contributed by atoms with Crippen LogP contribution in [-0.4, -0.2) is 34.8 Å². The molecule has 3 rings (SSSR count). The molecule has 1 aliphatic carbocycles. The molecule has 1 aromatic heterocycles. The van der Waals surface area contributed by atoms with Crippen LogP contribution >= 0.6 is 0 Å². The molecule has 0 unspecified atom stereocenters. The van der Waals surface area contributed by atoms with E-state index in [1.807, 2.05) is 6.20 Å². The minimum atomic E-state index is 0.578. The Bertz CT molecular complexity index is 368. The van der Waals surface area contributed by atoms with Crippen LogP contribution in [0.15, 0.2) is 12.4 Å². The molecule has 2 N–H and O–H groups in total. The van der Waals surface area contributed by atoms with E-state index in [4.69, 9.17) is 5.73 Å². The molecule has 1 aromatic rings. The molecule has 2 fully saturated rings. The zero-order valence-electron chi connectivity index (χ0n) is 9.89. The number of nitrogens with zero attached hydrogens (tertiary/aromatic N) is 3. The van der Waals surface area contributed by atoms with Gasteiger partial charge in [0, 0.05) is 19.3 Å². The molecule has 0 radical (unpaired) electrons. The molecular formula is C12H20N4. The summed E-state index contributed by atoms with van der Waals surface area (Å²) in [5, 5.41) is 4.33. The van der Waals surface area contributed by atoms with Gasteiger partial charge in [-0.2, -0.15) is 5.10 Å². The lowest BCUT2D eigenvalue weighted by Crippen LogP contribution is -2.55. The van der Waals surface area contributed by atoms with Crippen molar-refractivity contribution >= 4 is 5.69 Å². The molecule has 4 heteroatoms. The molecule has 1 spiro atoms. The second kappa shape index (κ2) is 3.48. The van der Waals surface area contributed by atoms with E-state index in [0.717, 1.165) is 5.69 Å². The SMILES string of the molecule is CN1CC2(CCC(n3cc(N)cn3)CC2)C1. The largest absolute Gasteiger partial charge is 0.396 e. The van der Waals surface area contributed by atoms with Crippen molar-refractivity contribution in [3.63, 3.8) is 0 Å². The van der Waals surface area contributed by atoms with Gasteiger partial charge < -0.3 is 10.6 Å². The number of rotatable bonds is 1. The Labute approximate surface area is 96.4 Å². The maximum absolute atomic E-state index is 5.70. The normalized spacial score (nSPS) is 25.8. The minimum absolute atomic E-state index is 0.578. The van der Waals surface area contributed by atoms with Crippen molar-refractivity contribution in [1.82, 2.24) is 14.7 Å². The lowest BCUT2D eigenvalue weighted by molar-refractivity contribution is -0.0205. The number of aromatic nitrogens is 2. The Kier molecular flexibility index (Phi) is 2.21. The number of nitrogen functional groups attached to an aromatic ring is 1. The first-order valence-electron chi connectivity index (χ1n) is 6.15. The first-order valence-corrected chi connectivity index (χ1v) is 6.15. The first kappa shape index (κ1) is 10.1. The first-order chi connectivity index (χ1) is 7.67. The zero-order chi connectivity index (χ0) is 11.2. The van der Waals surface area contributed by atoms with Crippen LogP contribution in [0.5, 0.6) is 0 Å². The van der Waals surface area contributed by atoms with Crippen molar-refractivity contribution in [2.24, 2.45) is 5.41 Å². The van der Waals surface area contributed by atoms with Gasteiger partial charge in [0.05, 0.1) is 17.9 Å². The zero-order valence-corrected chi connectivity index (χ0v) is 9.89. The third-order valence-electron chi connectivity index (χ3n) is 4.22. The number of anilines is 1. The summed E-state index contributed by atoms with van der Waals surface area (Å²) in [5.41, 5.74) is 7.13. The van der Waals surface area contributed by atoms with Crippen LogP contribution in [0, 0.1) is 5.41 Å². The van der Waals surface area contributed by atoms with Crippen molar-refractivity contribution in [2.45, 2.75) is 31.7 Å². The van der Waals surface area contributed by atoms with E-state index in [1.54, 1.807) is 6.20 Å². The monoisotopic (exact) mass is 220 g/mol. The highest BCUT2D eigenvalue weighted by atomic mass is 15.3. The molecular weight excluding hydrogens is 200 g/mol. The summed E-state index contributed by atoms with van der Waals surface area (Å²) < 4.78 is 2.06. The Morgan fingerprint density at radius 3 is 2.56 bits per heavy atom. The molecule has 0 bridgehead atoms. The lowest BCUT2D eigenvalue weighted by Gasteiger charge is -2.52. The fourth-order valence-corrected chi connectivity index (χ4v) is 3.45. The van der Waals surface area contributed by atoms with Gasteiger partial charge in [0.25, 0.3) is 0 Å². The second-order valence-electron chi connectivity index (χ2n) is 5.66. The Morgan fingerprint density at radius 2 is 2.06 bits per heavy atom. The molecule has 0 atom stereocenters. The fourth-order valence-electron chi connectivity index (χ4n) is 3.45. The molecule has 0 amide bonds. The highest BCUT2D eigenvalue weighted by Gasteiger charge is 2.43. The van der Waals surface area contributed by atoms with Gasteiger partial charge in [-0.3, -0.25) is 4.68 Å². The lowest BCUT2D eigenvalue weighted by atomic mass is 9.67. The molecule has 2 heterocycles. The topological polar surface area (TPSA) is 47.1 Å². The summed E-state index contributed by atoms with van der Waals surface area (Å²) in [5.74, 6) is 0. The molecule has 4 nitrogen and oxygen atoms in total. The van der Waals surface area contributed by atoms with Gasteiger partial charge in [-0.1, -0.05) is 0 Å². The predicted octanol–water partition coefficient (Wildman–Crippen LogP) is 1.51. The number of hydrogen-bond acceptors (Lipinski definition) is 3. The molecule has 1 saturated heterocycles. The summed E-state index contributed by atoms with van der Waals surface area (Å²) in [6.07, 6.45) is 8.94. The van der Waals surface area contributed by atoms with Gasteiger partial charge in [-0.15, -0.1) is 0 Å². The summed E-state index contributed by atoms with van der Waals surface area (Å²) >= 11 is 0. The molecule has 88 valence electrons. The van der Waals surface area contributed by atoms with E-state index in [2.05, 4.69) is 21.7 Å². The molecule has 1 saturated carbocycles. The number of likely N-dealkylation sites (tertiary alicyclic amines) is 1. The van der Waals surface area contributed by atoms with Crippen molar-refractivity contribution in [1.29, 1.82) is 0 Å². The van der Waals surface area contributed by atoms with Crippen LogP contribution in [0.25, 0.3) is 0 Å². The minimum Gasteiger partial charge on any atom is -0.396 e. The Morgan fingerprint density at radius 1 is 1.38 bits per heavy atom. The third kappa shape index (κ3) is 1.61. The van der Waals surface area contributed by atoms with Crippen LogP contribution in [0.4, 0.5) is 5.69 Å². The summed E-state index contributed by atoms with van der Waals surface area (Å²) in [6.45, 7) is 2.59. The van der Waals surface area contributed by atoms with E-state index in [0.29, 0.717) is 11.5 Å². The van der Waals surface area contributed by atoms with E-state index in [-0.39, 0.29) is 0 Å². The van der Waals surface area contributed by atoms with Crippen molar-refractivity contribution in [3.05, 3.63) is 12.4 Å². The standard InChI is InChI=1S/C12H20N4/c1-15-8-12(9-15)4-2-11(3-5-12)16-7-10(13)6-14-16/h6-7,11H,2-5,8-9,13H2,1H3. The highest BCUT2D eigenvalue weighted by molar-refractivity contribution is 5.30. The van der Waals surface area contributed by atoms with Crippen LogP contribution < -0.4 is 5.73 Å². The van der Waals surface area contributed by atoms with Crippen LogP contribution in [-0.2, 0) is 0 Å². The van der Waals surface area contributed by atoms with E-state index >= 15 is 0 Å². The van der Waals surface area contributed by atoms with Gasteiger partial charge in [-0.25, -0.2) is 0 Å². The van der Waals surface area contributed by atoms with Gasteiger partial charge in [0.1, 0.15) is 0 Å². The smallest absolute Gasteiger partial charge is 0.0719 e. The van der Waals surface area contributed by atoms with Crippen molar-refractivity contribution in [2.75, 3.05) is 25.9 Å². The van der Waals surface area contributed by atoms with Gasteiger partial charge in [0.15, 0.2) is 0 Å². The molecule has 1 aliphatic heterocycles. The van der Waals surface area contributed by atoms with Gasteiger partial charge >= 0.3 is 0 Å². The van der Waals surface area contributed by atoms with Crippen LogP contribution in [0.2, 0.25) is 0 Å². The maximum Gasteiger partial charge on any atom is 0.0719 e. The summed E-state index contributed by atoms with van der Waals surface area (Å²) in [7, 11) is 2.21. The average molecular weight is 220 g/mol. The third-order valence-corrected chi connectivity index (χ3v) is 4.22. The van der Waals surface area contributed by atoms with E-state index in [9.17, 15) is 0 Å². The van der Waals surface area contributed by atoms with Crippen molar-refractivity contribution < 1.29 is 0 Å². The quantitative estimate of drug-likeness (QED) is 0.780. The Hall–Kier alpha value is -1.03. The molecule has 0 aromatic carbocycles. The maximum atomic E-state index is 5.70. The van der Waals surface area contributed by atoms with Gasteiger partial charge in [0.2, 0.25) is 0 Å². The Balaban J connectivity index is 1.62. The summed E-state index contributed by atoms with van der Waals surface area (Å²) in [4.78, 5) is 2.42. The predicted molar refractivity (Wildman–Crippen MR) is 64.1 cm³/mol. The fraction of sp³-hybridized carbons (Fsp3) is 0.750. The average Bonchev–Trinajstić information content (AvgIpc) is 2.64. The van der Waals surface area contributed by atoms with Crippen molar-refractivity contribution in [3.8, 4) is 0 Å².